The highest BCUT2D eigenvalue weighted by atomic mass is 16.3. The quantitative estimate of drug-likeness (QED) is 0.896. The summed E-state index contributed by atoms with van der Waals surface area (Å²) in [6.45, 7) is 7.27. The lowest BCUT2D eigenvalue weighted by Crippen LogP contribution is -2.47. The van der Waals surface area contributed by atoms with Crippen LogP contribution in [0.25, 0.3) is 0 Å². The van der Waals surface area contributed by atoms with Crippen LogP contribution in [-0.2, 0) is 4.79 Å². The molecular weight excluding hydrogens is 264 g/mol. The second-order valence-corrected chi connectivity index (χ2v) is 6.42. The van der Waals surface area contributed by atoms with Crippen LogP contribution in [0.4, 0.5) is 5.69 Å². The van der Waals surface area contributed by atoms with Gasteiger partial charge in [0.1, 0.15) is 0 Å². The number of carbonyl (C=O) groups is 1. The lowest BCUT2D eigenvalue weighted by molar-refractivity contribution is -0.121. The highest BCUT2D eigenvalue weighted by Crippen LogP contribution is 2.32. The number of rotatable bonds is 4. The number of fused-ring (bicyclic) bond motifs is 1. The fraction of sp³-hybridized carbons (Fsp3) is 0.588. The Labute approximate surface area is 127 Å². The Balaban J connectivity index is 2.13. The zero-order chi connectivity index (χ0) is 15.5. The third-order valence-corrected chi connectivity index (χ3v) is 4.24. The van der Waals surface area contributed by atoms with Gasteiger partial charge in [-0.15, -0.1) is 0 Å². The normalized spacial score (nSPS) is 18.9. The number of para-hydroxylation sites is 1. The summed E-state index contributed by atoms with van der Waals surface area (Å²) in [6, 6.07) is 7.83. The smallest absolute Gasteiger partial charge is 0.239 e. The number of anilines is 1. The van der Waals surface area contributed by atoms with Crippen molar-refractivity contribution in [1.29, 1.82) is 0 Å². The molecule has 1 aromatic carbocycles. The molecule has 4 heteroatoms. The first-order chi connectivity index (χ1) is 9.93. The Hall–Kier alpha value is -1.55. The summed E-state index contributed by atoms with van der Waals surface area (Å²) in [4.78, 5) is 14.4. The topological polar surface area (TPSA) is 52.6 Å². The molecule has 1 aromatic rings. The number of hydrogen-bond acceptors (Lipinski definition) is 3. The summed E-state index contributed by atoms with van der Waals surface area (Å²) < 4.78 is 0. The molecule has 0 radical (unpaired) electrons. The van der Waals surface area contributed by atoms with Gasteiger partial charge in [0.05, 0.1) is 12.6 Å². The second-order valence-electron chi connectivity index (χ2n) is 6.42. The summed E-state index contributed by atoms with van der Waals surface area (Å²) >= 11 is 0. The van der Waals surface area contributed by atoms with E-state index in [2.05, 4.69) is 17.1 Å². The Kier molecular flexibility index (Phi) is 4.88. The van der Waals surface area contributed by atoms with E-state index in [1.165, 1.54) is 0 Å². The number of hydrogen-bond donors (Lipinski definition) is 2. The number of amides is 1. The highest BCUT2D eigenvalue weighted by molar-refractivity contribution is 5.82. The Morgan fingerprint density at radius 2 is 2.14 bits per heavy atom. The van der Waals surface area contributed by atoms with Crippen molar-refractivity contribution >= 4 is 11.6 Å². The number of aliphatic hydroxyl groups is 1. The monoisotopic (exact) mass is 290 g/mol. The summed E-state index contributed by atoms with van der Waals surface area (Å²) in [5.41, 5.74) is 1.73. The van der Waals surface area contributed by atoms with E-state index >= 15 is 0 Å². The first-order valence-electron chi connectivity index (χ1n) is 7.76. The molecule has 0 aliphatic carbocycles. The third-order valence-electron chi connectivity index (χ3n) is 4.24. The van der Waals surface area contributed by atoms with Crippen molar-refractivity contribution in [2.75, 3.05) is 18.0 Å². The van der Waals surface area contributed by atoms with Gasteiger partial charge in [-0.2, -0.15) is 0 Å². The van der Waals surface area contributed by atoms with Gasteiger partial charge in [-0.05, 0) is 39.2 Å². The molecule has 0 spiro atoms. The van der Waals surface area contributed by atoms with E-state index in [9.17, 15) is 9.90 Å². The maximum Gasteiger partial charge on any atom is 0.239 e. The molecular formula is C17H26N2O2. The molecule has 116 valence electrons. The van der Waals surface area contributed by atoms with Crippen LogP contribution >= 0.6 is 0 Å². The second kappa shape index (κ2) is 6.48. The first-order valence-corrected chi connectivity index (χ1v) is 7.76. The lowest BCUT2D eigenvalue weighted by atomic mass is 10.0. The average molecular weight is 290 g/mol. The van der Waals surface area contributed by atoms with Crippen LogP contribution < -0.4 is 10.2 Å². The number of aliphatic hydroxyl groups excluding tert-OH is 1. The minimum atomic E-state index is -0.429. The summed E-state index contributed by atoms with van der Waals surface area (Å²) in [7, 11) is 0. The van der Waals surface area contributed by atoms with Gasteiger partial charge in [0, 0.05) is 23.3 Å². The number of nitrogens with zero attached hydrogens (tertiary/aromatic N) is 1. The van der Waals surface area contributed by atoms with Gasteiger partial charge in [0.15, 0.2) is 0 Å². The molecule has 0 fully saturated rings. The van der Waals surface area contributed by atoms with E-state index in [0.29, 0.717) is 6.54 Å². The van der Waals surface area contributed by atoms with E-state index in [1.807, 2.05) is 38.1 Å². The van der Waals surface area contributed by atoms with Crippen molar-refractivity contribution in [3.8, 4) is 0 Å². The fourth-order valence-corrected chi connectivity index (χ4v) is 2.65. The van der Waals surface area contributed by atoms with Crippen LogP contribution in [0.5, 0.6) is 0 Å². The Morgan fingerprint density at radius 1 is 1.43 bits per heavy atom. The van der Waals surface area contributed by atoms with Gasteiger partial charge >= 0.3 is 0 Å². The van der Waals surface area contributed by atoms with Crippen molar-refractivity contribution < 1.29 is 9.90 Å². The van der Waals surface area contributed by atoms with Crippen LogP contribution in [0.15, 0.2) is 24.3 Å². The lowest BCUT2D eigenvalue weighted by Gasteiger charge is -2.29. The van der Waals surface area contributed by atoms with Gasteiger partial charge in [-0.1, -0.05) is 25.1 Å². The Bertz CT molecular complexity index is 499. The first kappa shape index (κ1) is 15.8. The zero-order valence-electron chi connectivity index (χ0n) is 13.2. The van der Waals surface area contributed by atoms with Crippen LogP contribution in [0.1, 0.15) is 51.7 Å². The molecule has 2 rings (SSSR count). The van der Waals surface area contributed by atoms with Gasteiger partial charge in [-0.25, -0.2) is 0 Å². The van der Waals surface area contributed by atoms with Gasteiger partial charge < -0.3 is 15.3 Å². The van der Waals surface area contributed by atoms with Crippen molar-refractivity contribution in [1.82, 2.24) is 5.32 Å². The molecule has 1 heterocycles. The minimum Gasteiger partial charge on any atom is -0.388 e. The van der Waals surface area contributed by atoms with Crippen molar-refractivity contribution in [3.63, 3.8) is 0 Å². The van der Waals surface area contributed by atoms with Crippen molar-refractivity contribution in [2.24, 2.45) is 0 Å². The molecule has 0 saturated heterocycles. The van der Waals surface area contributed by atoms with E-state index in [1.54, 1.807) is 0 Å². The molecule has 0 saturated carbocycles. The molecule has 1 atom stereocenters. The minimum absolute atomic E-state index is 0.0352. The summed E-state index contributed by atoms with van der Waals surface area (Å²) in [5, 5.41) is 13.3. The predicted molar refractivity (Wildman–Crippen MR) is 85.4 cm³/mol. The third kappa shape index (κ3) is 3.97. The van der Waals surface area contributed by atoms with Crippen LogP contribution in [0.3, 0.4) is 0 Å². The predicted octanol–water partition coefficient (Wildman–Crippen LogP) is 2.63. The molecule has 0 aromatic heterocycles. The van der Waals surface area contributed by atoms with Crippen LogP contribution in [0.2, 0.25) is 0 Å². The molecule has 1 aliphatic heterocycles. The SMILES string of the molecule is CCC(C)(C)NC(=O)CN1CCCC(O)c2ccccc21. The Morgan fingerprint density at radius 3 is 2.86 bits per heavy atom. The highest BCUT2D eigenvalue weighted by Gasteiger charge is 2.24. The van der Waals surface area contributed by atoms with Crippen molar-refractivity contribution in [2.45, 2.75) is 51.7 Å². The largest absolute Gasteiger partial charge is 0.388 e. The van der Waals surface area contributed by atoms with Crippen LogP contribution in [0, 0.1) is 0 Å². The van der Waals surface area contributed by atoms with Gasteiger partial charge in [-0.3, -0.25) is 4.79 Å². The van der Waals surface area contributed by atoms with Gasteiger partial charge in [0.2, 0.25) is 5.91 Å². The number of benzene rings is 1. The maximum absolute atomic E-state index is 12.3. The molecule has 21 heavy (non-hydrogen) atoms. The molecule has 4 nitrogen and oxygen atoms in total. The summed E-state index contributed by atoms with van der Waals surface area (Å²) in [6.07, 6.45) is 2.10. The van der Waals surface area contributed by atoms with E-state index < -0.39 is 6.10 Å². The average Bonchev–Trinajstić information content (AvgIpc) is 2.59. The van der Waals surface area contributed by atoms with Crippen molar-refractivity contribution in [3.05, 3.63) is 29.8 Å². The zero-order valence-corrected chi connectivity index (χ0v) is 13.2. The standard InChI is InChI=1S/C17H26N2O2/c1-4-17(2,3)18-16(21)12-19-11-7-10-15(20)13-8-5-6-9-14(13)19/h5-6,8-9,15,20H,4,7,10-12H2,1-3H3,(H,18,21). The van der Waals surface area contributed by atoms with E-state index in [0.717, 1.165) is 37.1 Å². The molecule has 2 N–H and O–H groups in total. The molecule has 1 unspecified atom stereocenters. The fourth-order valence-electron chi connectivity index (χ4n) is 2.65. The van der Waals surface area contributed by atoms with Gasteiger partial charge in [0.25, 0.3) is 0 Å². The number of carbonyl (C=O) groups excluding carboxylic acids is 1. The molecule has 0 bridgehead atoms. The van der Waals surface area contributed by atoms with E-state index in [4.69, 9.17) is 0 Å². The molecule has 1 aliphatic rings. The van der Waals surface area contributed by atoms with E-state index in [-0.39, 0.29) is 11.4 Å². The summed E-state index contributed by atoms with van der Waals surface area (Å²) in [5.74, 6) is 0.0352. The van der Waals surface area contributed by atoms with Crippen LogP contribution in [-0.4, -0.2) is 29.6 Å². The maximum atomic E-state index is 12.3. The molecule has 1 amide bonds. The number of nitrogens with one attached hydrogen (secondary N) is 1.